The average Bonchev–Trinajstić information content (AvgIpc) is 2.43. The highest BCUT2D eigenvalue weighted by Gasteiger charge is 2.15. The SMILES string of the molecule is Cc1cccc(C(=O)N(C)Cc2ccc(F)cc2)c1N. The molecule has 0 aliphatic carbocycles. The van der Waals surface area contributed by atoms with E-state index in [2.05, 4.69) is 0 Å². The van der Waals surface area contributed by atoms with E-state index in [4.69, 9.17) is 5.73 Å². The molecule has 0 bridgehead atoms. The predicted molar refractivity (Wildman–Crippen MR) is 77.8 cm³/mol. The number of para-hydroxylation sites is 1. The van der Waals surface area contributed by atoms with Gasteiger partial charge in [-0.05, 0) is 36.2 Å². The molecule has 0 aliphatic rings. The lowest BCUT2D eigenvalue weighted by Gasteiger charge is -2.19. The summed E-state index contributed by atoms with van der Waals surface area (Å²) in [7, 11) is 1.70. The maximum atomic E-state index is 12.8. The molecule has 0 unspecified atom stereocenters. The zero-order valence-electron chi connectivity index (χ0n) is 11.6. The van der Waals surface area contributed by atoms with Crippen LogP contribution in [0.4, 0.5) is 10.1 Å². The minimum absolute atomic E-state index is 0.143. The Labute approximate surface area is 117 Å². The van der Waals surface area contributed by atoms with Gasteiger partial charge in [-0.25, -0.2) is 4.39 Å². The van der Waals surface area contributed by atoms with Crippen LogP contribution in [0.2, 0.25) is 0 Å². The Kier molecular flexibility index (Phi) is 4.03. The normalized spacial score (nSPS) is 10.3. The van der Waals surface area contributed by atoms with Crippen LogP contribution in [0.3, 0.4) is 0 Å². The van der Waals surface area contributed by atoms with E-state index in [1.807, 2.05) is 19.1 Å². The van der Waals surface area contributed by atoms with Crippen molar-refractivity contribution in [2.75, 3.05) is 12.8 Å². The summed E-state index contributed by atoms with van der Waals surface area (Å²) >= 11 is 0. The lowest BCUT2D eigenvalue weighted by Crippen LogP contribution is -2.27. The van der Waals surface area contributed by atoms with Gasteiger partial charge in [-0.2, -0.15) is 0 Å². The van der Waals surface area contributed by atoms with Crippen LogP contribution in [0.15, 0.2) is 42.5 Å². The molecule has 0 spiro atoms. The maximum Gasteiger partial charge on any atom is 0.255 e. The Balaban J connectivity index is 2.16. The first kappa shape index (κ1) is 14.1. The van der Waals surface area contributed by atoms with Crippen molar-refractivity contribution >= 4 is 11.6 Å². The summed E-state index contributed by atoms with van der Waals surface area (Å²) in [5.74, 6) is -0.429. The van der Waals surface area contributed by atoms with E-state index < -0.39 is 0 Å². The third-order valence-electron chi connectivity index (χ3n) is 3.23. The largest absolute Gasteiger partial charge is 0.398 e. The molecule has 0 heterocycles. The Bertz CT molecular complexity index is 623. The van der Waals surface area contributed by atoms with Crippen LogP contribution in [0, 0.1) is 12.7 Å². The van der Waals surface area contributed by atoms with E-state index in [0.717, 1.165) is 11.1 Å². The fourth-order valence-corrected chi connectivity index (χ4v) is 2.01. The van der Waals surface area contributed by atoms with Gasteiger partial charge in [0.15, 0.2) is 0 Å². The number of carbonyl (C=O) groups is 1. The second-order valence-electron chi connectivity index (χ2n) is 4.82. The van der Waals surface area contributed by atoms with Crippen LogP contribution in [-0.2, 0) is 6.54 Å². The smallest absolute Gasteiger partial charge is 0.255 e. The molecule has 0 atom stereocenters. The van der Waals surface area contributed by atoms with E-state index in [-0.39, 0.29) is 11.7 Å². The number of anilines is 1. The first-order valence-corrected chi connectivity index (χ1v) is 6.34. The Morgan fingerprint density at radius 1 is 1.20 bits per heavy atom. The van der Waals surface area contributed by atoms with Crippen molar-refractivity contribution in [2.24, 2.45) is 0 Å². The first-order valence-electron chi connectivity index (χ1n) is 6.34. The number of halogens is 1. The van der Waals surface area contributed by atoms with E-state index in [1.165, 1.54) is 12.1 Å². The summed E-state index contributed by atoms with van der Waals surface area (Å²) in [6.45, 7) is 2.28. The fraction of sp³-hybridized carbons (Fsp3) is 0.188. The average molecular weight is 272 g/mol. The summed E-state index contributed by atoms with van der Waals surface area (Å²) in [6.07, 6.45) is 0. The van der Waals surface area contributed by atoms with Gasteiger partial charge < -0.3 is 10.6 Å². The molecule has 0 fully saturated rings. The number of aryl methyl sites for hydroxylation is 1. The number of nitrogen functional groups attached to an aromatic ring is 1. The Morgan fingerprint density at radius 2 is 1.85 bits per heavy atom. The standard InChI is InChI=1S/C16H17FN2O/c1-11-4-3-5-14(15(11)18)16(20)19(2)10-12-6-8-13(17)9-7-12/h3-9H,10,18H2,1-2H3. The minimum atomic E-state index is -0.286. The van der Waals surface area contributed by atoms with Crippen molar-refractivity contribution in [1.82, 2.24) is 4.90 Å². The third-order valence-corrected chi connectivity index (χ3v) is 3.23. The van der Waals surface area contributed by atoms with Crippen LogP contribution in [0.25, 0.3) is 0 Å². The minimum Gasteiger partial charge on any atom is -0.398 e. The highest BCUT2D eigenvalue weighted by molar-refractivity contribution is 5.99. The number of nitrogens with zero attached hydrogens (tertiary/aromatic N) is 1. The molecule has 2 aromatic carbocycles. The fourth-order valence-electron chi connectivity index (χ4n) is 2.01. The molecule has 3 nitrogen and oxygen atoms in total. The van der Waals surface area contributed by atoms with Gasteiger partial charge in [-0.15, -0.1) is 0 Å². The third kappa shape index (κ3) is 2.96. The molecule has 0 aliphatic heterocycles. The molecule has 1 amide bonds. The van der Waals surface area contributed by atoms with Gasteiger partial charge >= 0.3 is 0 Å². The molecule has 2 N–H and O–H groups in total. The van der Waals surface area contributed by atoms with Gasteiger partial charge in [0.05, 0.1) is 5.56 Å². The molecule has 0 saturated heterocycles. The van der Waals surface area contributed by atoms with Crippen LogP contribution >= 0.6 is 0 Å². The van der Waals surface area contributed by atoms with Crippen molar-refractivity contribution in [1.29, 1.82) is 0 Å². The van der Waals surface area contributed by atoms with Crippen LogP contribution < -0.4 is 5.73 Å². The quantitative estimate of drug-likeness (QED) is 0.873. The van der Waals surface area contributed by atoms with E-state index in [9.17, 15) is 9.18 Å². The highest BCUT2D eigenvalue weighted by Crippen LogP contribution is 2.18. The number of carbonyl (C=O) groups excluding carboxylic acids is 1. The van der Waals surface area contributed by atoms with Crippen molar-refractivity contribution < 1.29 is 9.18 Å². The molecular formula is C16H17FN2O. The van der Waals surface area contributed by atoms with Gasteiger partial charge in [0, 0.05) is 19.3 Å². The summed E-state index contributed by atoms with van der Waals surface area (Å²) in [4.78, 5) is 13.9. The van der Waals surface area contributed by atoms with E-state index in [1.54, 1.807) is 30.1 Å². The number of nitrogens with two attached hydrogens (primary N) is 1. The molecular weight excluding hydrogens is 255 g/mol. The zero-order chi connectivity index (χ0) is 14.7. The molecule has 0 radical (unpaired) electrons. The van der Waals surface area contributed by atoms with Gasteiger partial charge in [0.25, 0.3) is 5.91 Å². The van der Waals surface area contributed by atoms with Crippen LogP contribution in [0.1, 0.15) is 21.5 Å². The number of hydrogen-bond acceptors (Lipinski definition) is 2. The van der Waals surface area contributed by atoms with Crippen molar-refractivity contribution in [3.8, 4) is 0 Å². The summed E-state index contributed by atoms with van der Waals surface area (Å²) < 4.78 is 12.8. The van der Waals surface area contributed by atoms with Crippen molar-refractivity contribution in [3.05, 3.63) is 65.0 Å². The molecule has 0 aromatic heterocycles. The van der Waals surface area contributed by atoms with Gasteiger partial charge in [0.2, 0.25) is 0 Å². The topological polar surface area (TPSA) is 46.3 Å². The van der Waals surface area contributed by atoms with Gasteiger partial charge in [-0.3, -0.25) is 4.79 Å². The maximum absolute atomic E-state index is 12.8. The molecule has 2 aromatic rings. The first-order chi connectivity index (χ1) is 9.49. The number of benzene rings is 2. The monoisotopic (exact) mass is 272 g/mol. The number of amides is 1. The summed E-state index contributed by atoms with van der Waals surface area (Å²) in [5.41, 5.74) is 8.69. The molecule has 0 saturated carbocycles. The van der Waals surface area contributed by atoms with E-state index >= 15 is 0 Å². The molecule has 2 rings (SSSR count). The van der Waals surface area contributed by atoms with Crippen LogP contribution in [-0.4, -0.2) is 17.9 Å². The summed E-state index contributed by atoms with van der Waals surface area (Å²) in [5, 5.41) is 0. The van der Waals surface area contributed by atoms with E-state index in [0.29, 0.717) is 17.8 Å². The summed E-state index contributed by atoms with van der Waals surface area (Å²) in [6, 6.07) is 11.5. The molecule has 20 heavy (non-hydrogen) atoms. The molecule has 4 heteroatoms. The second kappa shape index (κ2) is 5.74. The van der Waals surface area contributed by atoms with Crippen LogP contribution in [0.5, 0.6) is 0 Å². The second-order valence-corrected chi connectivity index (χ2v) is 4.82. The van der Waals surface area contributed by atoms with Gasteiger partial charge in [-0.1, -0.05) is 24.3 Å². The Hall–Kier alpha value is -2.36. The number of rotatable bonds is 3. The zero-order valence-corrected chi connectivity index (χ0v) is 11.6. The lowest BCUT2D eigenvalue weighted by molar-refractivity contribution is 0.0786. The highest BCUT2D eigenvalue weighted by atomic mass is 19.1. The lowest BCUT2D eigenvalue weighted by atomic mass is 10.1. The van der Waals surface area contributed by atoms with Gasteiger partial charge in [0.1, 0.15) is 5.82 Å². The predicted octanol–water partition coefficient (Wildman–Crippen LogP) is 2.99. The van der Waals surface area contributed by atoms with Crippen molar-refractivity contribution in [3.63, 3.8) is 0 Å². The number of hydrogen-bond donors (Lipinski definition) is 1. The Morgan fingerprint density at radius 3 is 2.50 bits per heavy atom. The molecule has 104 valence electrons. The van der Waals surface area contributed by atoms with Crippen molar-refractivity contribution in [2.45, 2.75) is 13.5 Å².